The normalized spacial score (nSPS) is 17.9. The second-order valence-corrected chi connectivity index (χ2v) is 5.93. The summed E-state index contributed by atoms with van der Waals surface area (Å²) in [5.74, 6) is 0.907. The van der Waals surface area contributed by atoms with Gasteiger partial charge in [-0.3, -0.25) is 0 Å². The van der Waals surface area contributed by atoms with E-state index in [0.717, 1.165) is 35.8 Å². The number of rotatable bonds is 4. The zero-order valence-electron chi connectivity index (χ0n) is 12.1. The van der Waals surface area contributed by atoms with E-state index in [1.807, 2.05) is 24.3 Å². The molecule has 0 saturated carbocycles. The summed E-state index contributed by atoms with van der Waals surface area (Å²) in [7, 11) is 0. The molecule has 1 aliphatic heterocycles. The molecule has 2 aromatic rings. The topological polar surface area (TPSA) is 18.5 Å². The minimum atomic E-state index is 0.196. The summed E-state index contributed by atoms with van der Waals surface area (Å²) < 4.78 is 11.2. The molecule has 0 bridgehead atoms. The largest absolute Gasteiger partial charge is 0.488 e. The van der Waals surface area contributed by atoms with Gasteiger partial charge in [0.15, 0.2) is 0 Å². The fourth-order valence-electron chi connectivity index (χ4n) is 2.54. The van der Waals surface area contributed by atoms with Crippen LogP contribution in [0.25, 0.3) is 0 Å². The summed E-state index contributed by atoms with van der Waals surface area (Å²) >= 11 is 6.25. The number of benzene rings is 2. The molecule has 1 atom stereocenters. The van der Waals surface area contributed by atoms with E-state index in [1.54, 1.807) is 0 Å². The Morgan fingerprint density at radius 3 is 2.71 bits per heavy atom. The molecule has 2 aromatic carbocycles. The standard InChI is InChI=1S/C18H19ClO2/c1-13-2-7-18(19)15(10-13)11-14-3-5-16(6-4-14)21-17-8-9-20-12-17/h2-7,10,17H,8-9,11-12H2,1H3. The summed E-state index contributed by atoms with van der Waals surface area (Å²) in [5.41, 5.74) is 3.63. The van der Waals surface area contributed by atoms with Gasteiger partial charge in [0.25, 0.3) is 0 Å². The van der Waals surface area contributed by atoms with Gasteiger partial charge in [-0.15, -0.1) is 0 Å². The van der Waals surface area contributed by atoms with Gasteiger partial charge in [-0.1, -0.05) is 41.4 Å². The van der Waals surface area contributed by atoms with Gasteiger partial charge >= 0.3 is 0 Å². The van der Waals surface area contributed by atoms with Crippen molar-refractivity contribution >= 4 is 11.6 Å². The SMILES string of the molecule is Cc1ccc(Cl)c(Cc2ccc(OC3CCOC3)cc2)c1. The number of ether oxygens (including phenoxy) is 2. The van der Waals surface area contributed by atoms with Crippen LogP contribution in [0, 0.1) is 6.92 Å². The third-order valence-corrected chi connectivity index (χ3v) is 4.08. The Hall–Kier alpha value is -1.51. The van der Waals surface area contributed by atoms with Gasteiger partial charge in [-0.25, -0.2) is 0 Å². The van der Waals surface area contributed by atoms with E-state index in [4.69, 9.17) is 21.1 Å². The quantitative estimate of drug-likeness (QED) is 0.833. The van der Waals surface area contributed by atoms with Crippen LogP contribution in [-0.2, 0) is 11.2 Å². The first kappa shape index (κ1) is 14.4. The van der Waals surface area contributed by atoms with E-state index in [0.29, 0.717) is 6.61 Å². The van der Waals surface area contributed by atoms with Gasteiger partial charge in [0.2, 0.25) is 0 Å². The summed E-state index contributed by atoms with van der Waals surface area (Å²) in [6.45, 7) is 3.58. The Balaban J connectivity index is 1.67. The van der Waals surface area contributed by atoms with Crippen LogP contribution in [0.3, 0.4) is 0 Å². The molecule has 1 fully saturated rings. The predicted octanol–water partition coefficient (Wildman–Crippen LogP) is 4.41. The smallest absolute Gasteiger partial charge is 0.124 e. The van der Waals surface area contributed by atoms with Crippen molar-refractivity contribution < 1.29 is 9.47 Å². The lowest BCUT2D eigenvalue weighted by Gasteiger charge is -2.12. The Morgan fingerprint density at radius 2 is 2.00 bits per heavy atom. The summed E-state index contributed by atoms with van der Waals surface area (Å²) in [5, 5.41) is 0.823. The minimum absolute atomic E-state index is 0.196. The third-order valence-electron chi connectivity index (χ3n) is 3.71. The first-order valence-electron chi connectivity index (χ1n) is 7.29. The molecule has 2 nitrogen and oxygen atoms in total. The summed E-state index contributed by atoms with van der Waals surface area (Å²) in [6.07, 6.45) is 2.01. The lowest BCUT2D eigenvalue weighted by atomic mass is 10.0. The molecular formula is C18H19ClO2. The highest BCUT2D eigenvalue weighted by Crippen LogP contribution is 2.23. The average molecular weight is 303 g/mol. The fraction of sp³-hybridized carbons (Fsp3) is 0.333. The van der Waals surface area contributed by atoms with Crippen molar-refractivity contribution in [3.63, 3.8) is 0 Å². The molecule has 0 spiro atoms. The maximum absolute atomic E-state index is 6.25. The molecule has 3 heteroatoms. The first-order chi connectivity index (χ1) is 10.2. The molecular weight excluding hydrogens is 284 g/mol. The highest BCUT2D eigenvalue weighted by molar-refractivity contribution is 6.31. The molecule has 1 unspecified atom stereocenters. The van der Waals surface area contributed by atoms with E-state index in [2.05, 4.69) is 25.1 Å². The van der Waals surface area contributed by atoms with Gasteiger partial charge in [-0.2, -0.15) is 0 Å². The van der Waals surface area contributed by atoms with Gasteiger partial charge in [-0.05, 0) is 42.7 Å². The molecule has 21 heavy (non-hydrogen) atoms. The molecule has 1 aliphatic rings. The van der Waals surface area contributed by atoms with Crippen LogP contribution in [0.5, 0.6) is 5.75 Å². The number of aryl methyl sites for hydroxylation is 1. The van der Waals surface area contributed by atoms with Gasteiger partial charge in [0.1, 0.15) is 11.9 Å². The second-order valence-electron chi connectivity index (χ2n) is 5.52. The molecule has 0 amide bonds. The Morgan fingerprint density at radius 1 is 1.19 bits per heavy atom. The maximum atomic E-state index is 6.25. The molecule has 3 rings (SSSR count). The minimum Gasteiger partial charge on any atom is -0.488 e. The molecule has 1 heterocycles. The van der Waals surface area contributed by atoms with Crippen molar-refractivity contribution in [1.29, 1.82) is 0 Å². The monoisotopic (exact) mass is 302 g/mol. The molecule has 1 saturated heterocycles. The third kappa shape index (κ3) is 3.78. The number of halogens is 1. The van der Waals surface area contributed by atoms with E-state index in [-0.39, 0.29) is 6.10 Å². The van der Waals surface area contributed by atoms with Gasteiger partial charge < -0.3 is 9.47 Å². The zero-order valence-corrected chi connectivity index (χ0v) is 12.9. The Labute approximate surface area is 130 Å². The van der Waals surface area contributed by atoms with Gasteiger partial charge in [0, 0.05) is 11.4 Å². The van der Waals surface area contributed by atoms with E-state index >= 15 is 0 Å². The first-order valence-corrected chi connectivity index (χ1v) is 7.67. The lowest BCUT2D eigenvalue weighted by Crippen LogP contribution is -2.15. The molecule has 0 radical (unpaired) electrons. The molecule has 0 aliphatic carbocycles. The van der Waals surface area contributed by atoms with E-state index in [9.17, 15) is 0 Å². The van der Waals surface area contributed by atoms with Crippen molar-refractivity contribution in [2.75, 3.05) is 13.2 Å². The van der Waals surface area contributed by atoms with Crippen LogP contribution in [0.4, 0.5) is 0 Å². The Bertz CT molecular complexity index is 601. The fourth-order valence-corrected chi connectivity index (χ4v) is 2.73. The van der Waals surface area contributed by atoms with Crippen molar-refractivity contribution in [2.45, 2.75) is 25.9 Å². The van der Waals surface area contributed by atoms with E-state index < -0.39 is 0 Å². The number of hydrogen-bond donors (Lipinski definition) is 0. The summed E-state index contributed by atoms with van der Waals surface area (Å²) in [6, 6.07) is 14.4. The maximum Gasteiger partial charge on any atom is 0.124 e. The highest BCUT2D eigenvalue weighted by atomic mass is 35.5. The van der Waals surface area contributed by atoms with Gasteiger partial charge in [0.05, 0.1) is 13.2 Å². The summed E-state index contributed by atoms with van der Waals surface area (Å²) in [4.78, 5) is 0. The molecule has 0 aromatic heterocycles. The molecule has 0 N–H and O–H groups in total. The van der Waals surface area contributed by atoms with Crippen molar-refractivity contribution in [1.82, 2.24) is 0 Å². The van der Waals surface area contributed by atoms with Crippen molar-refractivity contribution in [2.24, 2.45) is 0 Å². The average Bonchev–Trinajstić information content (AvgIpc) is 2.98. The highest BCUT2D eigenvalue weighted by Gasteiger charge is 2.16. The predicted molar refractivity (Wildman–Crippen MR) is 85.3 cm³/mol. The van der Waals surface area contributed by atoms with Crippen LogP contribution in [0.1, 0.15) is 23.1 Å². The van der Waals surface area contributed by atoms with E-state index in [1.165, 1.54) is 11.1 Å². The lowest BCUT2D eigenvalue weighted by molar-refractivity contribution is 0.141. The van der Waals surface area contributed by atoms with Crippen LogP contribution < -0.4 is 4.74 Å². The Kier molecular flexibility index (Phi) is 4.47. The van der Waals surface area contributed by atoms with Crippen LogP contribution in [0.15, 0.2) is 42.5 Å². The van der Waals surface area contributed by atoms with Crippen LogP contribution >= 0.6 is 11.6 Å². The van der Waals surface area contributed by atoms with Crippen LogP contribution in [-0.4, -0.2) is 19.3 Å². The second kappa shape index (κ2) is 6.50. The van der Waals surface area contributed by atoms with Crippen molar-refractivity contribution in [3.8, 4) is 5.75 Å². The van der Waals surface area contributed by atoms with Crippen molar-refractivity contribution in [3.05, 3.63) is 64.2 Å². The number of hydrogen-bond acceptors (Lipinski definition) is 2. The van der Waals surface area contributed by atoms with Crippen LogP contribution in [0.2, 0.25) is 5.02 Å². The zero-order chi connectivity index (χ0) is 14.7. The molecule has 110 valence electrons.